The van der Waals surface area contributed by atoms with Crippen molar-refractivity contribution >= 4 is 50.3 Å². The van der Waals surface area contributed by atoms with E-state index in [1.54, 1.807) is 36.5 Å². The second-order valence-electron chi connectivity index (χ2n) is 9.28. The van der Waals surface area contributed by atoms with E-state index in [0.29, 0.717) is 10.9 Å². The molecule has 3 heterocycles. The van der Waals surface area contributed by atoms with Gasteiger partial charge in [0, 0.05) is 46.2 Å². The number of aliphatic hydroxyl groups is 2. The van der Waals surface area contributed by atoms with Crippen molar-refractivity contribution < 1.29 is 23.4 Å². The number of halogens is 1. The number of hydrogen-bond donors (Lipinski definition) is 3. The number of benzene rings is 2. The lowest BCUT2D eigenvalue weighted by atomic mass is 9.89. The van der Waals surface area contributed by atoms with Gasteiger partial charge in [-0.1, -0.05) is 23.7 Å². The van der Waals surface area contributed by atoms with Gasteiger partial charge in [0.05, 0.1) is 19.3 Å². The van der Waals surface area contributed by atoms with Crippen LogP contribution in [-0.4, -0.2) is 70.6 Å². The van der Waals surface area contributed by atoms with Gasteiger partial charge < -0.3 is 20.1 Å². The van der Waals surface area contributed by atoms with E-state index in [9.17, 15) is 18.3 Å². The van der Waals surface area contributed by atoms with Gasteiger partial charge in [0.2, 0.25) is 10.0 Å². The Balaban J connectivity index is 1.30. The van der Waals surface area contributed by atoms with Crippen molar-refractivity contribution in [1.82, 2.24) is 14.2 Å². The number of carbonyl (C=O) groups is 1. The second-order valence-corrected chi connectivity index (χ2v) is 11.5. The summed E-state index contributed by atoms with van der Waals surface area (Å²) in [6, 6.07) is 14.4. The van der Waals surface area contributed by atoms with E-state index in [2.05, 4.69) is 10.3 Å². The molecule has 3 aromatic rings. The van der Waals surface area contributed by atoms with Crippen LogP contribution in [-0.2, 0) is 21.4 Å². The van der Waals surface area contributed by atoms with Crippen LogP contribution in [0.5, 0.6) is 0 Å². The Morgan fingerprint density at radius 2 is 1.86 bits per heavy atom. The molecule has 0 saturated carbocycles. The van der Waals surface area contributed by atoms with Crippen molar-refractivity contribution in [3.05, 3.63) is 76.3 Å². The van der Waals surface area contributed by atoms with Gasteiger partial charge in [-0.3, -0.25) is 9.79 Å². The fourth-order valence-electron chi connectivity index (χ4n) is 4.79. The van der Waals surface area contributed by atoms with Crippen LogP contribution in [0.4, 0.5) is 0 Å². The summed E-state index contributed by atoms with van der Waals surface area (Å²) in [5.74, 6) is 0.261. The highest BCUT2D eigenvalue weighted by Gasteiger charge is 2.47. The number of hydrogen-bond acceptors (Lipinski definition) is 6. The molecule has 0 unspecified atom stereocenters. The molecule has 1 amide bonds. The normalized spacial score (nSPS) is 19.0. The third-order valence-corrected chi connectivity index (χ3v) is 8.71. The SMILES string of the molecule is O=C1NC(c2ccc(Cl)cc2)=NC12CCN(S(=O)(=O)/C=C/c1cccc3c1ccn3C[C@H](O)CO)CC2. The van der Waals surface area contributed by atoms with Gasteiger partial charge in [-0.05, 0) is 60.9 Å². The molecule has 1 fully saturated rings. The average molecular weight is 543 g/mol. The molecule has 0 aliphatic carbocycles. The van der Waals surface area contributed by atoms with Gasteiger partial charge in [-0.25, -0.2) is 8.42 Å². The molecular weight excluding hydrogens is 516 g/mol. The maximum Gasteiger partial charge on any atom is 0.253 e. The number of carbonyl (C=O) groups excluding carboxylic acids is 1. The van der Waals surface area contributed by atoms with Gasteiger partial charge >= 0.3 is 0 Å². The van der Waals surface area contributed by atoms with E-state index in [4.69, 9.17) is 16.7 Å². The third kappa shape index (κ3) is 5.07. The predicted octanol–water partition coefficient (Wildman–Crippen LogP) is 2.36. The quantitative estimate of drug-likeness (QED) is 0.423. The number of piperidine rings is 1. The molecular formula is C26H27ClN4O5S. The minimum Gasteiger partial charge on any atom is -0.394 e. The van der Waals surface area contributed by atoms with Crippen molar-refractivity contribution in [2.45, 2.75) is 31.0 Å². The Kier molecular flexibility index (Phi) is 6.95. The first kappa shape index (κ1) is 25.6. The lowest BCUT2D eigenvalue weighted by Crippen LogP contribution is -2.50. The van der Waals surface area contributed by atoms with E-state index in [1.807, 2.05) is 28.8 Å². The summed E-state index contributed by atoms with van der Waals surface area (Å²) < 4.78 is 29.4. The molecule has 37 heavy (non-hydrogen) atoms. The molecule has 2 aliphatic heterocycles. The largest absolute Gasteiger partial charge is 0.394 e. The Bertz CT molecular complexity index is 1490. The molecule has 3 N–H and O–H groups in total. The Morgan fingerprint density at radius 1 is 1.14 bits per heavy atom. The van der Waals surface area contributed by atoms with Crippen LogP contribution in [0.3, 0.4) is 0 Å². The van der Waals surface area contributed by atoms with E-state index in [0.717, 1.165) is 22.0 Å². The van der Waals surface area contributed by atoms with Crippen LogP contribution in [0.15, 0.2) is 65.1 Å². The number of aliphatic imine (C=N–C) groups is 1. The number of amides is 1. The molecule has 2 aliphatic rings. The van der Waals surface area contributed by atoms with Gasteiger partial charge in [0.1, 0.15) is 11.4 Å². The topological polar surface area (TPSA) is 124 Å². The summed E-state index contributed by atoms with van der Waals surface area (Å²) in [6.07, 6.45) is 3.05. The van der Waals surface area contributed by atoms with Gasteiger partial charge in [-0.2, -0.15) is 4.31 Å². The third-order valence-electron chi connectivity index (χ3n) is 6.89. The van der Waals surface area contributed by atoms with Crippen molar-refractivity contribution in [3.63, 3.8) is 0 Å². The van der Waals surface area contributed by atoms with Gasteiger partial charge in [-0.15, -0.1) is 0 Å². The molecule has 9 nitrogen and oxygen atoms in total. The van der Waals surface area contributed by atoms with Gasteiger partial charge in [0.25, 0.3) is 5.91 Å². The van der Waals surface area contributed by atoms with E-state index in [-0.39, 0.29) is 45.0 Å². The van der Waals surface area contributed by atoms with Crippen LogP contribution in [0.1, 0.15) is 24.0 Å². The van der Waals surface area contributed by atoms with Crippen LogP contribution in [0.25, 0.3) is 17.0 Å². The second kappa shape index (κ2) is 10.0. The zero-order valence-electron chi connectivity index (χ0n) is 19.9. The summed E-state index contributed by atoms with van der Waals surface area (Å²) in [6.45, 7) is 0.245. The first-order valence-electron chi connectivity index (χ1n) is 11.9. The smallest absolute Gasteiger partial charge is 0.253 e. The highest BCUT2D eigenvalue weighted by Crippen LogP contribution is 2.32. The van der Waals surface area contributed by atoms with Crippen LogP contribution in [0, 0.1) is 0 Å². The number of amidine groups is 1. The summed E-state index contributed by atoms with van der Waals surface area (Å²) >= 11 is 5.95. The minimum absolute atomic E-state index is 0.178. The monoisotopic (exact) mass is 542 g/mol. The fraction of sp³-hybridized carbons (Fsp3) is 0.308. The predicted molar refractivity (Wildman–Crippen MR) is 143 cm³/mol. The fourth-order valence-corrected chi connectivity index (χ4v) is 6.10. The number of aliphatic hydroxyl groups excluding tert-OH is 2. The molecule has 0 radical (unpaired) electrons. The molecule has 5 rings (SSSR count). The minimum atomic E-state index is -3.72. The molecule has 1 aromatic heterocycles. The first-order valence-corrected chi connectivity index (χ1v) is 13.8. The molecule has 11 heteroatoms. The number of nitrogens with zero attached hydrogens (tertiary/aromatic N) is 3. The lowest BCUT2D eigenvalue weighted by Gasteiger charge is -2.34. The van der Waals surface area contributed by atoms with E-state index < -0.39 is 21.7 Å². The van der Waals surface area contributed by atoms with Crippen molar-refractivity contribution in [2.24, 2.45) is 4.99 Å². The van der Waals surface area contributed by atoms with Crippen molar-refractivity contribution in [3.8, 4) is 0 Å². The Morgan fingerprint density at radius 3 is 2.57 bits per heavy atom. The number of aromatic nitrogens is 1. The first-order chi connectivity index (χ1) is 17.7. The Labute approximate surface area is 219 Å². The highest BCUT2D eigenvalue weighted by molar-refractivity contribution is 7.92. The number of fused-ring (bicyclic) bond motifs is 1. The number of nitrogens with one attached hydrogen (secondary N) is 1. The average Bonchev–Trinajstić information content (AvgIpc) is 3.44. The number of rotatable bonds is 7. The van der Waals surface area contributed by atoms with E-state index in [1.165, 1.54) is 9.71 Å². The highest BCUT2D eigenvalue weighted by atomic mass is 35.5. The van der Waals surface area contributed by atoms with Crippen LogP contribution in [0.2, 0.25) is 5.02 Å². The summed E-state index contributed by atoms with van der Waals surface area (Å²) in [4.78, 5) is 17.5. The van der Waals surface area contributed by atoms with E-state index >= 15 is 0 Å². The lowest BCUT2D eigenvalue weighted by molar-refractivity contribution is -0.124. The summed E-state index contributed by atoms with van der Waals surface area (Å²) in [7, 11) is -3.72. The molecule has 194 valence electrons. The zero-order chi connectivity index (χ0) is 26.2. The maximum atomic E-state index is 13.1. The van der Waals surface area contributed by atoms with Crippen molar-refractivity contribution in [2.75, 3.05) is 19.7 Å². The standard InChI is InChI=1S/C26H27ClN4O5S/c27-20-6-4-19(5-7-20)24-28-25(34)26(29-24)10-13-31(14-11-26)37(35,36)15-9-18-2-1-3-23-22(18)8-12-30(23)16-21(33)17-32/h1-9,12,15,21,32-33H,10-11,13-14,16-17H2,(H,28,29,34)/b15-9+/t21-/m0/s1. The molecule has 2 aromatic carbocycles. The number of sulfonamides is 1. The molecule has 1 saturated heterocycles. The molecule has 1 atom stereocenters. The van der Waals surface area contributed by atoms with Gasteiger partial charge in [0.15, 0.2) is 0 Å². The summed E-state index contributed by atoms with van der Waals surface area (Å²) in [5, 5.41) is 24.4. The zero-order valence-corrected chi connectivity index (χ0v) is 21.5. The molecule has 0 bridgehead atoms. The summed E-state index contributed by atoms with van der Waals surface area (Å²) in [5.41, 5.74) is 1.33. The molecule has 1 spiro atoms. The van der Waals surface area contributed by atoms with Crippen LogP contribution < -0.4 is 5.32 Å². The Hall–Kier alpha value is -3.02. The van der Waals surface area contributed by atoms with Crippen molar-refractivity contribution in [1.29, 1.82) is 0 Å². The van der Waals surface area contributed by atoms with Crippen LogP contribution >= 0.6 is 11.6 Å². The maximum absolute atomic E-state index is 13.1.